The summed E-state index contributed by atoms with van der Waals surface area (Å²) in [4.78, 5) is 14.7. The number of nitrogens with one attached hydrogen (secondary N) is 1. The molecule has 4 aliphatic carbocycles. The molecule has 1 saturated heterocycles. The molecule has 8 atom stereocenters. The molecule has 5 fully saturated rings. The molecule has 4 saturated carbocycles. The van der Waals surface area contributed by atoms with E-state index in [0.29, 0.717) is 22.8 Å². The molecule has 5 aliphatic rings. The van der Waals surface area contributed by atoms with E-state index in [4.69, 9.17) is 0 Å². The van der Waals surface area contributed by atoms with Gasteiger partial charge in [0, 0.05) is 25.2 Å². The summed E-state index contributed by atoms with van der Waals surface area (Å²) in [5, 5.41) is 4.01. The topological polar surface area (TPSA) is 32.3 Å². The summed E-state index contributed by atoms with van der Waals surface area (Å²) >= 11 is 3.72. The molecule has 0 bridgehead atoms. The first-order valence-corrected chi connectivity index (χ1v) is 11.9. The molecule has 0 aromatic rings. The van der Waals surface area contributed by atoms with Crippen molar-refractivity contribution in [3.05, 3.63) is 0 Å². The normalized spacial score (nSPS) is 53.8. The van der Waals surface area contributed by atoms with Crippen molar-refractivity contribution in [3.63, 3.8) is 0 Å². The molecule has 1 N–H and O–H groups in total. The number of carbonyl (C=O) groups excluding carboxylic acids is 1. The van der Waals surface area contributed by atoms with E-state index >= 15 is 0 Å². The molecule has 146 valence electrons. The fourth-order valence-electron chi connectivity index (χ4n) is 8.02. The van der Waals surface area contributed by atoms with Gasteiger partial charge in [-0.2, -0.15) is 0 Å². The predicted octanol–water partition coefficient (Wildman–Crippen LogP) is 4.34. The molecule has 4 heteroatoms. The lowest BCUT2D eigenvalue weighted by molar-refractivity contribution is -0.156. The Balaban J connectivity index is 1.41. The molecule has 3 nitrogen and oxygen atoms in total. The highest BCUT2D eigenvalue weighted by Gasteiger charge is 2.62. The Morgan fingerprint density at radius 3 is 2.46 bits per heavy atom. The number of likely N-dealkylation sites (tertiary alicyclic amines) is 1. The third-order valence-corrected chi connectivity index (χ3v) is 10.3. The van der Waals surface area contributed by atoms with Crippen LogP contribution in [0.2, 0.25) is 0 Å². The number of nitrogens with zero attached hydrogens (tertiary/aromatic N) is 1. The smallest absolute Gasteiger partial charge is 0.236 e. The zero-order valence-corrected chi connectivity index (χ0v) is 18.2. The van der Waals surface area contributed by atoms with Crippen LogP contribution < -0.4 is 5.32 Å². The fraction of sp³-hybridized carbons (Fsp3) is 0.955. The number of piperidine rings is 1. The van der Waals surface area contributed by atoms with Crippen LogP contribution in [-0.4, -0.2) is 40.8 Å². The van der Waals surface area contributed by atoms with Crippen LogP contribution in [0.1, 0.15) is 71.6 Å². The van der Waals surface area contributed by atoms with Gasteiger partial charge in [-0.15, -0.1) is 0 Å². The number of alkyl halides is 1. The molecule has 1 aliphatic heterocycles. The van der Waals surface area contributed by atoms with Crippen LogP contribution in [-0.2, 0) is 4.79 Å². The molecular weight excluding hydrogens is 388 g/mol. The third-order valence-electron chi connectivity index (χ3n) is 9.54. The summed E-state index contributed by atoms with van der Waals surface area (Å²) < 4.78 is 0. The standard InChI is InChI=1S/C22H35BrN2O/c1-21-11-10-16-14(15(21)7-8-18(21)24-13-4-5-13)6-9-19-22(16,2)12-17(23)20(26)25(19)3/h13-19,24H,4-12H2,1-3H3/t14-,15-,16-,17+,18-,19+,21-,22+/m0/s1. The number of hydrogen-bond donors (Lipinski definition) is 1. The molecule has 0 aromatic heterocycles. The molecule has 5 rings (SSSR count). The minimum atomic E-state index is 0.0219. The quantitative estimate of drug-likeness (QED) is 0.670. The van der Waals surface area contributed by atoms with E-state index < -0.39 is 0 Å². The van der Waals surface area contributed by atoms with Crippen LogP contribution in [0.5, 0.6) is 0 Å². The number of carbonyl (C=O) groups is 1. The molecule has 0 spiro atoms. The lowest BCUT2D eigenvalue weighted by Crippen LogP contribution is -2.64. The van der Waals surface area contributed by atoms with E-state index in [1.807, 2.05) is 0 Å². The highest BCUT2D eigenvalue weighted by Crippen LogP contribution is 2.65. The van der Waals surface area contributed by atoms with Crippen LogP contribution in [0, 0.1) is 28.6 Å². The summed E-state index contributed by atoms with van der Waals surface area (Å²) in [6.45, 7) is 5.13. The molecule has 0 radical (unpaired) electrons. The van der Waals surface area contributed by atoms with E-state index in [1.54, 1.807) is 0 Å². The highest BCUT2D eigenvalue weighted by atomic mass is 79.9. The Hall–Kier alpha value is -0.0900. The van der Waals surface area contributed by atoms with Gasteiger partial charge in [0.25, 0.3) is 0 Å². The Labute approximate surface area is 167 Å². The highest BCUT2D eigenvalue weighted by molar-refractivity contribution is 9.10. The maximum Gasteiger partial charge on any atom is 0.236 e. The fourth-order valence-corrected chi connectivity index (χ4v) is 9.04. The van der Waals surface area contributed by atoms with Gasteiger partial charge >= 0.3 is 0 Å². The van der Waals surface area contributed by atoms with Crippen molar-refractivity contribution in [1.82, 2.24) is 10.2 Å². The zero-order chi connectivity index (χ0) is 18.3. The minimum absolute atomic E-state index is 0.0219. The van der Waals surface area contributed by atoms with Crippen molar-refractivity contribution in [3.8, 4) is 0 Å². The van der Waals surface area contributed by atoms with Crippen molar-refractivity contribution in [1.29, 1.82) is 0 Å². The van der Waals surface area contributed by atoms with Crippen molar-refractivity contribution < 1.29 is 4.79 Å². The van der Waals surface area contributed by atoms with Gasteiger partial charge in [0.1, 0.15) is 0 Å². The van der Waals surface area contributed by atoms with Gasteiger partial charge in [-0.25, -0.2) is 0 Å². The van der Waals surface area contributed by atoms with Gasteiger partial charge in [0.05, 0.1) is 4.83 Å². The second-order valence-corrected chi connectivity index (χ2v) is 11.8. The predicted molar refractivity (Wildman–Crippen MR) is 108 cm³/mol. The van der Waals surface area contributed by atoms with E-state index in [2.05, 4.69) is 47.0 Å². The number of amides is 1. The minimum Gasteiger partial charge on any atom is -0.341 e. The Bertz CT molecular complexity index is 607. The van der Waals surface area contributed by atoms with E-state index in [1.165, 1.54) is 51.4 Å². The SMILES string of the molecule is CN1C(=O)[C@H](Br)C[C@]2(C)[C@H]3CC[C@]4(C)[C@@H](NC5CC5)CC[C@H]4[C@@H]3CC[C@@H]12. The maximum absolute atomic E-state index is 12.5. The molecular formula is C22H35BrN2O. The molecule has 1 amide bonds. The summed E-state index contributed by atoms with van der Waals surface area (Å²) in [6.07, 6.45) is 12.0. The second kappa shape index (κ2) is 5.95. The second-order valence-electron chi connectivity index (χ2n) is 10.7. The van der Waals surface area contributed by atoms with E-state index in [-0.39, 0.29) is 4.83 Å². The van der Waals surface area contributed by atoms with Gasteiger partial charge < -0.3 is 10.2 Å². The Morgan fingerprint density at radius 1 is 1.00 bits per heavy atom. The van der Waals surface area contributed by atoms with Crippen molar-refractivity contribution in [2.75, 3.05) is 7.05 Å². The average molecular weight is 423 g/mol. The monoisotopic (exact) mass is 422 g/mol. The largest absolute Gasteiger partial charge is 0.341 e. The van der Waals surface area contributed by atoms with Crippen LogP contribution in [0.3, 0.4) is 0 Å². The van der Waals surface area contributed by atoms with Gasteiger partial charge in [-0.05, 0) is 86.4 Å². The molecule has 0 aromatic carbocycles. The van der Waals surface area contributed by atoms with E-state index in [9.17, 15) is 4.79 Å². The number of hydrogen-bond acceptors (Lipinski definition) is 2. The van der Waals surface area contributed by atoms with Crippen LogP contribution in [0.25, 0.3) is 0 Å². The van der Waals surface area contributed by atoms with Gasteiger partial charge in [0.15, 0.2) is 0 Å². The van der Waals surface area contributed by atoms with Crippen molar-refractivity contribution >= 4 is 21.8 Å². The molecule has 0 unspecified atom stereocenters. The van der Waals surface area contributed by atoms with Crippen molar-refractivity contribution in [2.45, 2.75) is 94.6 Å². The van der Waals surface area contributed by atoms with Crippen LogP contribution in [0.4, 0.5) is 0 Å². The van der Waals surface area contributed by atoms with Gasteiger partial charge in [0.2, 0.25) is 5.91 Å². The summed E-state index contributed by atoms with van der Waals surface area (Å²) in [5.74, 6) is 2.88. The Kier molecular flexibility index (Phi) is 4.11. The lowest BCUT2D eigenvalue weighted by Gasteiger charge is -2.62. The van der Waals surface area contributed by atoms with Gasteiger partial charge in [-0.1, -0.05) is 29.8 Å². The van der Waals surface area contributed by atoms with E-state index in [0.717, 1.165) is 36.3 Å². The van der Waals surface area contributed by atoms with Crippen molar-refractivity contribution in [2.24, 2.45) is 28.6 Å². The first-order valence-electron chi connectivity index (χ1n) is 11.0. The summed E-state index contributed by atoms with van der Waals surface area (Å²) in [5.41, 5.74) is 0.806. The van der Waals surface area contributed by atoms with Crippen LogP contribution in [0.15, 0.2) is 0 Å². The number of halogens is 1. The average Bonchev–Trinajstić information content (AvgIpc) is 3.35. The third kappa shape index (κ3) is 2.43. The van der Waals surface area contributed by atoms with Crippen LogP contribution >= 0.6 is 15.9 Å². The zero-order valence-electron chi connectivity index (χ0n) is 16.6. The first-order chi connectivity index (χ1) is 12.3. The molecule has 1 heterocycles. The summed E-state index contributed by atoms with van der Waals surface area (Å²) in [6, 6.07) is 2.04. The molecule has 26 heavy (non-hydrogen) atoms. The van der Waals surface area contributed by atoms with Gasteiger partial charge in [-0.3, -0.25) is 4.79 Å². The summed E-state index contributed by atoms with van der Waals surface area (Å²) in [7, 11) is 2.05. The number of rotatable bonds is 2. The first kappa shape index (κ1) is 18.0. The Morgan fingerprint density at radius 2 is 1.73 bits per heavy atom. The lowest BCUT2D eigenvalue weighted by atomic mass is 9.47. The maximum atomic E-state index is 12.5. The number of fused-ring (bicyclic) bond motifs is 5.